The standard InChI is InChI=1S/H8Si7/c1-2-7-4-3-6(1)5-7/h1-4,6-7H,5H2. The van der Waals surface area contributed by atoms with Crippen molar-refractivity contribution in [2.75, 3.05) is 0 Å². The van der Waals surface area contributed by atoms with Crippen LogP contribution in [0.15, 0.2) is 0 Å². The molecule has 0 spiro atoms. The topological polar surface area (TPSA) is 0 Å². The molecule has 0 radical (unpaired) electrons. The van der Waals surface area contributed by atoms with Crippen molar-refractivity contribution in [1.29, 1.82) is 0 Å². The highest BCUT2D eigenvalue weighted by Gasteiger charge is 2.22. The van der Waals surface area contributed by atoms with Crippen LogP contribution in [-0.4, -0.2) is 55.8 Å². The Bertz CT molecular complexity index is 103. The highest BCUT2D eigenvalue weighted by molar-refractivity contribution is 7.98. The smallest absolute Gasteiger partial charge is 0.0283 e. The summed E-state index contributed by atoms with van der Waals surface area (Å²) in [4.78, 5) is 0. The molecule has 0 aliphatic carbocycles. The van der Waals surface area contributed by atoms with Gasteiger partial charge in [0.25, 0.3) is 0 Å². The van der Waals surface area contributed by atoms with Gasteiger partial charge in [-0.15, -0.1) is 0 Å². The maximum atomic E-state index is 1.33. The van der Waals surface area contributed by atoms with Crippen molar-refractivity contribution in [3.63, 3.8) is 0 Å². The van der Waals surface area contributed by atoms with E-state index in [4.69, 9.17) is 0 Å². The lowest BCUT2D eigenvalue weighted by atomic mass is 26.2. The predicted molar refractivity (Wildman–Crippen MR) is 51.4 cm³/mol. The highest BCUT2D eigenvalue weighted by atomic mass is 30.3. The van der Waals surface area contributed by atoms with E-state index in [0.29, 0.717) is 14.7 Å². The van der Waals surface area contributed by atoms with Crippen LogP contribution >= 0.6 is 0 Å². The molecule has 0 saturated heterocycles. The normalized spacial score (nSPS) is 46.9. The summed E-state index contributed by atoms with van der Waals surface area (Å²) in [6, 6.07) is 0. The lowest BCUT2D eigenvalue weighted by Gasteiger charge is -1.85. The van der Waals surface area contributed by atoms with E-state index in [-0.39, 0.29) is 0 Å². The molecule has 0 aromatic rings. The lowest BCUT2D eigenvalue weighted by molar-refractivity contribution is 3.90. The van der Waals surface area contributed by atoms with Crippen LogP contribution in [0.2, 0.25) is 0 Å². The molecule has 7 heavy (non-hydrogen) atoms. The third-order valence-electron chi connectivity index (χ3n) is 1.76. The number of fused-ring (bicyclic) bond motifs is 2. The van der Waals surface area contributed by atoms with Crippen molar-refractivity contribution in [2.24, 2.45) is 0 Å². The summed E-state index contributed by atoms with van der Waals surface area (Å²) < 4.78 is 0. The highest BCUT2D eigenvalue weighted by Crippen LogP contribution is 1.84. The minimum atomic E-state index is 0.455. The zero-order valence-corrected chi connectivity index (χ0v) is 12.5. The summed E-state index contributed by atoms with van der Waals surface area (Å²) >= 11 is 0. The Morgan fingerprint density at radius 2 is 1.29 bits per heavy atom. The largest absolute Gasteiger partial charge is 0.0501 e. The Morgan fingerprint density at radius 1 is 0.857 bits per heavy atom. The molecule has 0 nitrogen and oxygen atoms in total. The van der Waals surface area contributed by atoms with E-state index in [1.165, 1.54) is 32.5 Å². The number of hydrogen-bond acceptors (Lipinski definition) is 0. The van der Waals surface area contributed by atoms with Crippen molar-refractivity contribution in [2.45, 2.75) is 0 Å². The molecule has 0 atom stereocenters. The van der Waals surface area contributed by atoms with Crippen molar-refractivity contribution in [3.05, 3.63) is 0 Å². The first kappa shape index (κ1) is 5.31. The third-order valence-corrected chi connectivity index (χ3v) is 142. The SMILES string of the molecule is [SiH]1=[SiH][SiH]2[SiH]=[SiH][SiH]1[SiH2]2. The van der Waals surface area contributed by atoms with Crippen LogP contribution in [0.3, 0.4) is 0 Å². The number of hydrogen-bond donors (Lipinski definition) is 0. The molecule has 36 valence electrons. The Morgan fingerprint density at radius 3 is 1.43 bits per heavy atom. The molecule has 0 aromatic heterocycles. The fourth-order valence-corrected chi connectivity index (χ4v) is 323. The summed E-state index contributed by atoms with van der Waals surface area (Å²) in [5.41, 5.74) is 0. The second-order valence-corrected chi connectivity index (χ2v) is 63.0. The molecule has 0 N–H and O–H groups in total. The van der Waals surface area contributed by atoms with Crippen LogP contribution in [0, 0.1) is 0 Å². The van der Waals surface area contributed by atoms with E-state index >= 15 is 0 Å². The van der Waals surface area contributed by atoms with E-state index in [1.807, 2.05) is 0 Å². The summed E-state index contributed by atoms with van der Waals surface area (Å²) in [7, 11) is 7.17. The van der Waals surface area contributed by atoms with Crippen molar-refractivity contribution in [3.8, 4) is 0 Å². The first-order chi connectivity index (χ1) is 3.45. The van der Waals surface area contributed by atoms with E-state index in [1.54, 1.807) is 0 Å². The molecular formula is H8Si7. The van der Waals surface area contributed by atoms with E-state index < -0.39 is 0 Å². The summed E-state index contributed by atoms with van der Waals surface area (Å²) in [5.74, 6) is 0. The van der Waals surface area contributed by atoms with Gasteiger partial charge in [0.1, 0.15) is 0 Å². The van der Waals surface area contributed by atoms with Crippen LogP contribution in [0.5, 0.6) is 0 Å². The third kappa shape index (κ3) is 0.951. The first-order valence-electron chi connectivity index (χ1n) is 2.82. The maximum absolute atomic E-state index is 1.33. The van der Waals surface area contributed by atoms with Crippen LogP contribution in [0.25, 0.3) is 0 Å². The van der Waals surface area contributed by atoms with E-state index in [2.05, 4.69) is 0 Å². The molecule has 0 unspecified atom stereocenters. The quantitative estimate of drug-likeness (QED) is 0.348. The summed E-state index contributed by atoms with van der Waals surface area (Å²) in [5, 5.41) is 0. The lowest BCUT2D eigenvalue weighted by Crippen LogP contribution is -2.24. The molecule has 0 amide bonds. The van der Waals surface area contributed by atoms with Gasteiger partial charge in [-0.05, 0) is 0 Å². The van der Waals surface area contributed by atoms with Gasteiger partial charge in [0.05, 0.1) is 0 Å². The van der Waals surface area contributed by atoms with Gasteiger partial charge in [-0.2, -0.15) is 0 Å². The van der Waals surface area contributed by atoms with Gasteiger partial charge in [-0.1, -0.05) is 32.5 Å². The second kappa shape index (κ2) is 2.04. The molecular weight excluding hydrogens is 197 g/mol. The van der Waals surface area contributed by atoms with Crippen LogP contribution in [0.1, 0.15) is 0 Å². The maximum Gasteiger partial charge on any atom is 0.0283 e. The number of rotatable bonds is 0. The van der Waals surface area contributed by atoms with Gasteiger partial charge >= 0.3 is 0 Å². The molecule has 0 saturated carbocycles. The second-order valence-electron chi connectivity index (χ2n) is 2.33. The zero-order valence-electron chi connectivity index (χ0n) is 4.17. The minimum absolute atomic E-state index is 0.455. The molecule has 2 aliphatic rings. The van der Waals surface area contributed by atoms with Crippen molar-refractivity contribution < 1.29 is 0 Å². The zero-order chi connectivity index (χ0) is 4.69. The molecule has 2 aliphatic heterocycles. The van der Waals surface area contributed by atoms with E-state index in [9.17, 15) is 0 Å². The van der Waals surface area contributed by atoms with E-state index in [0.717, 1.165) is 8.55 Å². The molecule has 0 aromatic carbocycles. The van der Waals surface area contributed by atoms with Gasteiger partial charge in [0.15, 0.2) is 0 Å². The first-order valence-corrected chi connectivity index (χ1v) is 25.3. The fraction of sp³-hybridized carbons (Fsp3) is 0. The Kier molecular flexibility index (Phi) is 1.55. The Labute approximate surface area is 55.8 Å². The van der Waals surface area contributed by atoms with Gasteiger partial charge in [-0.3, -0.25) is 0 Å². The monoisotopic (exact) mass is 204 g/mol. The van der Waals surface area contributed by atoms with Gasteiger partial charge in [0, 0.05) is 23.3 Å². The van der Waals surface area contributed by atoms with Crippen LogP contribution < -0.4 is 0 Å². The predicted octanol–water partition coefficient (Wildman–Crippen LogP) is -4.81. The molecule has 0 fully saturated rings. The molecule has 2 rings (SSSR count). The molecule has 2 heterocycles. The Hall–Kier alpha value is 1.52. The van der Waals surface area contributed by atoms with Crippen LogP contribution in [0.4, 0.5) is 0 Å². The molecule has 2 bridgehead atoms. The van der Waals surface area contributed by atoms with Crippen LogP contribution in [-0.2, 0) is 0 Å². The minimum Gasteiger partial charge on any atom is -0.0501 e. The van der Waals surface area contributed by atoms with Crippen molar-refractivity contribution >= 4 is 55.8 Å². The summed E-state index contributed by atoms with van der Waals surface area (Å²) in [6.07, 6.45) is 0. The van der Waals surface area contributed by atoms with Gasteiger partial charge < -0.3 is 0 Å². The Balaban J connectivity index is 2.38. The fourth-order valence-electron chi connectivity index (χ4n) is 1.33. The average Bonchev–Trinajstić information content (AvgIpc) is 2.22. The van der Waals surface area contributed by atoms with Gasteiger partial charge in [0.2, 0.25) is 0 Å². The molecule has 7 heteroatoms. The van der Waals surface area contributed by atoms with Gasteiger partial charge in [-0.25, -0.2) is 0 Å². The average molecular weight is 205 g/mol. The summed E-state index contributed by atoms with van der Waals surface area (Å²) in [6.45, 7) is 0. The van der Waals surface area contributed by atoms with Crippen molar-refractivity contribution in [1.82, 2.24) is 0 Å².